The third-order valence-corrected chi connectivity index (χ3v) is 2.59. The fraction of sp³-hybridized carbons (Fsp3) is 0.167. The Hall–Kier alpha value is -2.14. The van der Waals surface area contributed by atoms with Crippen LogP contribution in [-0.4, -0.2) is 29.9 Å². The number of aromatic nitrogens is 1. The highest BCUT2D eigenvalue weighted by Gasteiger charge is 2.25. The summed E-state index contributed by atoms with van der Waals surface area (Å²) < 4.78 is 4.45. The van der Waals surface area contributed by atoms with Gasteiger partial charge in [-0.05, 0) is 6.07 Å². The predicted molar refractivity (Wildman–Crippen MR) is 62.6 cm³/mol. The highest BCUT2D eigenvalue weighted by Crippen LogP contribution is 2.18. The number of hydrogen-bond donors (Lipinski definition) is 2. The van der Waals surface area contributed by atoms with Gasteiger partial charge in [-0.25, -0.2) is 4.79 Å². The molecule has 88 valence electrons. The van der Waals surface area contributed by atoms with Crippen molar-refractivity contribution in [1.29, 1.82) is 0 Å². The Balaban J connectivity index is 2.40. The van der Waals surface area contributed by atoms with Crippen molar-refractivity contribution in [2.75, 3.05) is 7.11 Å². The SMILES string of the molecule is COC(=O)C(N)C(=O)c1c[nH]c2ccccc12. The first kappa shape index (κ1) is 11.3. The number of methoxy groups -OCH3 is 1. The van der Waals surface area contributed by atoms with Gasteiger partial charge in [-0.15, -0.1) is 0 Å². The molecule has 0 aliphatic carbocycles. The molecule has 0 fully saturated rings. The molecule has 2 aromatic rings. The van der Waals surface area contributed by atoms with E-state index in [1.165, 1.54) is 7.11 Å². The molecule has 1 atom stereocenters. The summed E-state index contributed by atoms with van der Waals surface area (Å²) in [6, 6.07) is 6.03. The van der Waals surface area contributed by atoms with Gasteiger partial charge in [-0.2, -0.15) is 0 Å². The summed E-state index contributed by atoms with van der Waals surface area (Å²) >= 11 is 0. The standard InChI is InChI=1S/C12H12N2O3/c1-17-12(16)10(13)11(15)8-6-14-9-5-3-2-4-7(8)9/h2-6,10,14H,13H2,1H3. The summed E-state index contributed by atoms with van der Waals surface area (Å²) in [7, 11) is 1.20. The van der Waals surface area contributed by atoms with Crippen LogP contribution in [0.4, 0.5) is 0 Å². The Bertz CT molecular complexity index is 574. The minimum absolute atomic E-state index is 0.401. The molecule has 0 bridgehead atoms. The molecular formula is C12H12N2O3. The lowest BCUT2D eigenvalue weighted by Gasteiger charge is -2.06. The van der Waals surface area contributed by atoms with Crippen molar-refractivity contribution in [3.63, 3.8) is 0 Å². The van der Waals surface area contributed by atoms with Gasteiger partial charge < -0.3 is 15.5 Å². The zero-order chi connectivity index (χ0) is 12.4. The Morgan fingerprint density at radius 2 is 2.06 bits per heavy atom. The largest absolute Gasteiger partial charge is 0.468 e. The smallest absolute Gasteiger partial charge is 0.330 e. The number of H-pyrrole nitrogens is 1. The molecule has 1 aromatic carbocycles. The van der Waals surface area contributed by atoms with E-state index < -0.39 is 17.8 Å². The van der Waals surface area contributed by atoms with Gasteiger partial charge in [-0.1, -0.05) is 18.2 Å². The van der Waals surface area contributed by atoms with E-state index in [9.17, 15) is 9.59 Å². The molecule has 17 heavy (non-hydrogen) atoms. The first-order valence-corrected chi connectivity index (χ1v) is 5.09. The average Bonchev–Trinajstić information content (AvgIpc) is 2.79. The van der Waals surface area contributed by atoms with Gasteiger partial charge in [0, 0.05) is 22.7 Å². The number of aromatic amines is 1. The molecule has 5 nitrogen and oxygen atoms in total. The number of Topliss-reactive ketones (excluding diaryl/α,β-unsaturated/α-hetero) is 1. The zero-order valence-corrected chi connectivity index (χ0v) is 9.27. The van der Waals surface area contributed by atoms with Crippen LogP contribution in [0.1, 0.15) is 10.4 Å². The second-order valence-electron chi connectivity index (χ2n) is 3.61. The number of carbonyl (C=O) groups is 2. The third-order valence-electron chi connectivity index (χ3n) is 2.59. The molecule has 2 rings (SSSR count). The molecule has 0 amide bonds. The number of ketones is 1. The molecule has 0 spiro atoms. The van der Waals surface area contributed by atoms with Crippen molar-refractivity contribution >= 4 is 22.7 Å². The first-order chi connectivity index (χ1) is 8.15. The van der Waals surface area contributed by atoms with E-state index in [4.69, 9.17) is 5.73 Å². The van der Waals surface area contributed by atoms with Gasteiger partial charge >= 0.3 is 5.97 Å². The minimum atomic E-state index is -1.28. The van der Waals surface area contributed by atoms with Crippen molar-refractivity contribution in [1.82, 2.24) is 4.98 Å². The molecule has 0 aliphatic heterocycles. The Kier molecular flexibility index (Phi) is 2.93. The van der Waals surface area contributed by atoms with Crippen molar-refractivity contribution in [2.45, 2.75) is 6.04 Å². The van der Waals surface area contributed by atoms with Crippen LogP contribution in [0.15, 0.2) is 30.5 Å². The summed E-state index contributed by atoms with van der Waals surface area (Å²) in [5.74, 6) is -1.19. The monoisotopic (exact) mass is 232 g/mol. The molecule has 1 unspecified atom stereocenters. The van der Waals surface area contributed by atoms with E-state index in [1.807, 2.05) is 18.2 Å². The number of nitrogens with one attached hydrogen (secondary N) is 1. The maximum Gasteiger partial charge on any atom is 0.330 e. The molecule has 3 N–H and O–H groups in total. The number of carbonyl (C=O) groups excluding carboxylic acids is 2. The summed E-state index contributed by atoms with van der Waals surface area (Å²) in [6.07, 6.45) is 1.55. The molecule has 0 radical (unpaired) electrons. The van der Waals surface area contributed by atoms with Crippen LogP contribution in [0.25, 0.3) is 10.9 Å². The van der Waals surface area contributed by atoms with E-state index >= 15 is 0 Å². The normalized spacial score (nSPS) is 12.4. The van der Waals surface area contributed by atoms with Crippen LogP contribution in [0, 0.1) is 0 Å². The van der Waals surface area contributed by atoms with Gasteiger partial charge in [-0.3, -0.25) is 4.79 Å². The van der Waals surface area contributed by atoms with E-state index in [2.05, 4.69) is 9.72 Å². The van der Waals surface area contributed by atoms with E-state index in [0.717, 1.165) is 10.9 Å². The lowest BCUT2D eigenvalue weighted by molar-refractivity contribution is -0.140. The summed E-state index contributed by atoms with van der Waals surface area (Å²) in [5, 5.41) is 0.747. The minimum Gasteiger partial charge on any atom is -0.468 e. The van der Waals surface area contributed by atoms with Crippen LogP contribution in [0.3, 0.4) is 0 Å². The number of para-hydroxylation sites is 1. The first-order valence-electron chi connectivity index (χ1n) is 5.09. The van der Waals surface area contributed by atoms with Gasteiger partial charge in [0.25, 0.3) is 0 Å². The highest BCUT2D eigenvalue weighted by atomic mass is 16.5. The highest BCUT2D eigenvalue weighted by molar-refractivity contribution is 6.17. The predicted octanol–water partition coefficient (Wildman–Crippen LogP) is 0.851. The van der Waals surface area contributed by atoms with Crippen LogP contribution in [-0.2, 0) is 9.53 Å². The van der Waals surface area contributed by atoms with Gasteiger partial charge in [0.1, 0.15) is 0 Å². The lowest BCUT2D eigenvalue weighted by Crippen LogP contribution is -2.39. The average molecular weight is 232 g/mol. The topological polar surface area (TPSA) is 85.2 Å². The molecule has 0 aliphatic rings. The Labute approximate surface area is 97.6 Å². The number of hydrogen-bond acceptors (Lipinski definition) is 4. The molecule has 5 heteroatoms. The quantitative estimate of drug-likeness (QED) is 0.466. The van der Waals surface area contributed by atoms with Gasteiger partial charge in [0.2, 0.25) is 0 Å². The maximum absolute atomic E-state index is 12.0. The van der Waals surface area contributed by atoms with Gasteiger partial charge in [0.15, 0.2) is 11.8 Å². The number of ether oxygens (including phenoxy) is 1. The second-order valence-corrected chi connectivity index (χ2v) is 3.61. The van der Waals surface area contributed by atoms with Crippen LogP contribution < -0.4 is 5.73 Å². The second kappa shape index (κ2) is 4.39. The number of fused-ring (bicyclic) bond motifs is 1. The van der Waals surface area contributed by atoms with E-state index in [1.54, 1.807) is 12.3 Å². The number of rotatable bonds is 3. The molecule has 1 aromatic heterocycles. The number of nitrogens with two attached hydrogens (primary N) is 1. The fourth-order valence-corrected chi connectivity index (χ4v) is 1.68. The third kappa shape index (κ3) is 1.92. The number of esters is 1. The summed E-state index contributed by atoms with van der Waals surface area (Å²) in [4.78, 5) is 26.1. The lowest BCUT2D eigenvalue weighted by atomic mass is 10.0. The fourth-order valence-electron chi connectivity index (χ4n) is 1.68. The van der Waals surface area contributed by atoms with E-state index in [-0.39, 0.29) is 0 Å². The van der Waals surface area contributed by atoms with E-state index in [0.29, 0.717) is 5.56 Å². The van der Waals surface area contributed by atoms with Crippen molar-refractivity contribution in [3.8, 4) is 0 Å². The van der Waals surface area contributed by atoms with Crippen LogP contribution in [0.2, 0.25) is 0 Å². The Morgan fingerprint density at radius 1 is 1.35 bits per heavy atom. The molecule has 0 saturated heterocycles. The van der Waals surface area contributed by atoms with Crippen molar-refractivity contribution < 1.29 is 14.3 Å². The zero-order valence-electron chi connectivity index (χ0n) is 9.27. The summed E-state index contributed by atoms with van der Waals surface area (Å²) in [6.45, 7) is 0. The van der Waals surface area contributed by atoms with Crippen LogP contribution >= 0.6 is 0 Å². The number of benzene rings is 1. The van der Waals surface area contributed by atoms with Gasteiger partial charge in [0.05, 0.1) is 7.11 Å². The van der Waals surface area contributed by atoms with Crippen molar-refractivity contribution in [3.05, 3.63) is 36.0 Å². The molecular weight excluding hydrogens is 220 g/mol. The Morgan fingerprint density at radius 3 is 2.76 bits per heavy atom. The van der Waals surface area contributed by atoms with Crippen LogP contribution in [0.5, 0.6) is 0 Å². The summed E-state index contributed by atoms with van der Waals surface area (Å²) in [5.41, 5.74) is 6.74. The van der Waals surface area contributed by atoms with Crippen molar-refractivity contribution in [2.24, 2.45) is 5.73 Å². The molecule has 0 saturated carbocycles. The maximum atomic E-state index is 12.0. The molecule has 1 heterocycles.